The van der Waals surface area contributed by atoms with E-state index in [-0.39, 0.29) is 22.3 Å². The fraction of sp³-hybridized carbons (Fsp3) is 0.333. The van der Waals surface area contributed by atoms with Crippen LogP contribution in [0.2, 0.25) is 5.04 Å². The van der Waals surface area contributed by atoms with Crippen LogP contribution in [0.25, 0.3) is 5.82 Å². The van der Waals surface area contributed by atoms with Crippen LogP contribution in [-0.4, -0.2) is 56.5 Å². The van der Waals surface area contributed by atoms with Crippen LogP contribution in [0.3, 0.4) is 0 Å². The number of aromatic nitrogens is 5. The van der Waals surface area contributed by atoms with Gasteiger partial charge in [0, 0.05) is 11.9 Å². The maximum Gasteiger partial charge on any atom is 0.349 e. The summed E-state index contributed by atoms with van der Waals surface area (Å²) in [6, 6.07) is 23.0. The van der Waals surface area contributed by atoms with Crippen LogP contribution in [0.5, 0.6) is 0 Å². The van der Waals surface area contributed by atoms with E-state index < -0.39 is 8.32 Å². The van der Waals surface area contributed by atoms with Crippen molar-refractivity contribution in [3.05, 3.63) is 96.1 Å². The Balaban J connectivity index is 1.31. The number of thioether (sulfide) groups is 1. The molecule has 0 saturated carbocycles. The number of hydrogen-bond acceptors (Lipinski definition) is 7. The standard InChI is InChI=1S/C27H31N5O3SSi/c1-27(2,3)37(22-10-6-4-7-11-22,23-12-8-5-9-13-23)34-17-25-35-21(18-36-25)16-31-15-14-24(30-26(31)33)32-20-28-19-29-32/h4-15,19-21,25H,16-18H2,1-3H3/t21-,25-/m1/s1. The lowest BCUT2D eigenvalue weighted by atomic mass is 10.2. The Kier molecular flexibility index (Phi) is 7.43. The van der Waals surface area contributed by atoms with Crippen molar-refractivity contribution in [1.82, 2.24) is 24.3 Å². The Morgan fingerprint density at radius 1 is 1.05 bits per heavy atom. The average Bonchev–Trinajstić information content (AvgIpc) is 3.59. The molecule has 2 aromatic carbocycles. The first-order chi connectivity index (χ1) is 17.9. The van der Waals surface area contributed by atoms with Crippen LogP contribution < -0.4 is 16.1 Å². The van der Waals surface area contributed by atoms with Gasteiger partial charge in [-0.1, -0.05) is 81.4 Å². The molecule has 2 aromatic heterocycles. The molecule has 10 heteroatoms. The number of benzene rings is 2. The molecule has 0 amide bonds. The van der Waals surface area contributed by atoms with Gasteiger partial charge in [-0.3, -0.25) is 4.57 Å². The molecule has 1 fully saturated rings. The summed E-state index contributed by atoms with van der Waals surface area (Å²) < 4.78 is 16.4. The zero-order valence-corrected chi connectivity index (χ0v) is 23.0. The third-order valence-electron chi connectivity index (χ3n) is 6.58. The van der Waals surface area contributed by atoms with E-state index in [1.54, 1.807) is 28.6 Å². The molecule has 3 heterocycles. The van der Waals surface area contributed by atoms with Gasteiger partial charge in [-0.2, -0.15) is 10.1 Å². The second kappa shape index (κ2) is 10.7. The summed E-state index contributed by atoms with van der Waals surface area (Å²) in [6.07, 6.45) is 4.55. The Hall–Kier alpha value is -3.05. The summed E-state index contributed by atoms with van der Waals surface area (Å²) in [6.45, 7) is 7.73. The topological polar surface area (TPSA) is 84.1 Å². The predicted molar refractivity (Wildman–Crippen MR) is 148 cm³/mol. The average molecular weight is 534 g/mol. The molecule has 0 spiro atoms. The van der Waals surface area contributed by atoms with Crippen LogP contribution >= 0.6 is 11.8 Å². The molecule has 1 saturated heterocycles. The first-order valence-electron chi connectivity index (χ1n) is 12.3. The molecule has 0 aliphatic carbocycles. The highest BCUT2D eigenvalue weighted by Gasteiger charge is 2.50. The molecule has 0 bridgehead atoms. The van der Waals surface area contributed by atoms with E-state index in [9.17, 15) is 4.79 Å². The molecule has 4 aromatic rings. The Morgan fingerprint density at radius 3 is 2.30 bits per heavy atom. The first kappa shape index (κ1) is 25.6. The van der Waals surface area contributed by atoms with E-state index in [1.807, 2.05) is 12.1 Å². The van der Waals surface area contributed by atoms with Crippen LogP contribution in [0.1, 0.15) is 20.8 Å². The quantitative estimate of drug-likeness (QED) is 0.322. The van der Waals surface area contributed by atoms with Gasteiger partial charge in [-0.05, 0) is 21.5 Å². The number of ether oxygens (including phenoxy) is 1. The van der Waals surface area contributed by atoms with Gasteiger partial charge in [0.15, 0.2) is 5.82 Å². The van der Waals surface area contributed by atoms with Gasteiger partial charge < -0.3 is 9.16 Å². The largest absolute Gasteiger partial charge is 0.404 e. The minimum Gasteiger partial charge on any atom is -0.404 e. The van der Waals surface area contributed by atoms with Crippen LogP contribution in [0.15, 0.2) is 90.4 Å². The Bertz CT molecular complexity index is 1320. The lowest BCUT2D eigenvalue weighted by molar-refractivity contribution is 0.0295. The Labute approximate surface area is 221 Å². The molecule has 37 heavy (non-hydrogen) atoms. The summed E-state index contributed by atoms with van der Waals surface area (Å²) >= 11 is 1.74. The molecule has 1 aliphatic heterocycles. The van der Waals surface area contributed by atoms with Gasteiger partial charge in [0.2, 0.25) is 0 Å². The summed E-state index contributed by atoms with van der Waals surface area (Å²) in [5.74, 6) is 1.23. The highest BCUT2D eigenvalue weighted by Crippen LogP contribution is 2.38. The Morgan fingerprint density at radius 2 is 1.73 bits per heavy atom. The van der Waals surface area contributed by atoms with Crippen LogP contribution in [0.4, 0.5) is 0 Å². The molecule has 0 unspecified atom stereocenters. The van der Waals surface area contributed by atoms with E-state index in [0.717, 1.165) is 5.75 Å². The number of hydrogen-bond donors (Lipinski definition) is 0. The van der Waals surface area contributed by atoms with Crippen molar-refractivity contribution < 1.29 is 9.16 Å². The van der Waals surface area contributed by atoms with E-state index in [2.05, 4.69) is 84.4 Å². The van der Waals surface area contributed by atoms with Gasteiger partial charge in [-0.15, -0.1) is 11.8 Å². The molecule has 1 aliphatic rings. The summed E-state index contributed by atoms with van der Waals surface area (Å²) in [7, 11) is -2.63. The normalized spacial score (nSPS) is 18.2. The van der Waals surface area contributed by atoms with Crippen LogP contribution in [0, 0.1) is 0 Å². The van der Waals surface area contributed by atoms with Crippen molar-refractivity contribution in [2.24, 2.45) is 0 Å². The second-order valence-electron chi connectivity index (χ2n) is 10.1. The third-order valence-corrected chi connectivity index (χ3v) is 12.8. The first-order valence-corrected chi connectivity index (χ1v) is 15.3. The minimum absolute atomic E-state index is 0.0940. The van der Waals surface area contributed by atoms with Crippen molar-refractivity contribution in [2.75, 3.05) is 12.4 Å². The summed E-state index contributed by atoms with van der Waals surface area (Å²) in [5, 5.41) is 6.43. The molecule has 5 rings (SSSR count). The van der Waals surface area contributed by atoms with Gasteiger partial charge in [0.05, 0.1) is 19.3 Å². The maximum absolute atomic E-state index is 12.6. The molecule has 2 atom stereocenters. The van der Waals surface area contributed by atoms with Crippen molar-refractivity contribution >= 4 is 30.5 Å². The zero-order valence-electron chi connectivity index (χ0n) is 21.2. The van der Waals surface area contributed by atoms with Gasteiger partial charge in [-0.25, -0.2) is 14.5 Å². The fourth-order valence-electron chi connectivity index (χ4n) is 4.88. The van der Waals surface area contributed by atoms with Gasteiger partial charge in [0.1, 0.15) is 18.1 Å². The van der Waals surface area contributed by atoms with Crippen molar-refractivity contribution in [2.45, 2.75) is 43.9 Å². The zero-order chi connectivity index (χ0) is 25.9. The predicted octanol–water partition coefficient (Wildman–Crippen LogP) is 2.86. The summed E-state index contributed by atoms with van der Waals surface area (Å²) in [5.41, 5.74) is -0.446. The smallest absolute Gasteiger partial charge is 0.349 e. The molecule has 8 nitrogen and oxygen atoms in total. The number of nitrogens with zero attached hydrogens (tertiary/aromatic N) is 5. The van der Waals surface area contributed by atoms with Crippen LogP contribution in [-0.2, 0) is 15.7 Å². The lowest BCUT2D eigenvalue weighted by Gasteiger charge is -2.43. The van der Waals surface area contributed by atoms with Gasteiger partial charge >= 0.3 is 5.69 Å². The summed E-state index contributed by atoms with van der Waals surface area (Å²) in [4.78, 5) is 20.6. The van der Waals surface area contributed by atoms with E-state index in [0.29, 0.717) is 19.0 Å². The highest BCUT2D eigenvalue weighted by atomic mass is 32.2. The van der Waals surface area contributed by atoms with Crippen molar-refractivity contribution in [3.63, 3.8) is 0 Å². The SMILES string of the molecule is CC(C)(C)[Si](OC[C@@H]1O[C@H](Cn2ccc(-n3cncn3)nc2=O)CS1)(c1ccccc1)c1ccccc1. The monoisotopic (exact) mass is 533 g/mol. The molecule has 192 valence electrons. The van der Waals surface area contributed by atoms with E-state index in [1.165, 1.54) is 27.7 Å². The second-order valence-corrected chi connectivity index (χ2v) is 15.6. The maximum atomic E-state index is 12.6. The van der Waals surface area contributed by atoms with Crippen molar-refractivity contribution in [3.8, 4) is 5.82 Å². The fourth-order valence-corrected chi connectivity index (χ4v) is 10.6. The lowest BCUT2D eigenvalue weighted by Crippen LogP contribution is -2.67. The van der Waals surface area contributed by atoms with Gasteiger partial charge in [0.25, 0.3) is 8.32 Å². The minimum atomic E-state index is -2.63. The highest BCUT2D eigenvalue weighted by molar-refractivity contribution is 8.00. The molecule has 0 radical (unpaired) electrons. The van der Waals surface area contributed by atoms with Crippen molar-refractivity contribution in [1.29, 1.82) is 0 Å². The third kappa shape index (κ3) is 5.33. The number of rotatable bonds is 8. The van der Waals surface area contributed by atoms with E-state index in [4.69, 9.17) is 9.16 Å². The van der Waals surface area contributed by atoms with E-state index >= 15 is 0 Å². The molecule has 0 N–H and O–H groups in total. The molecular formula is C27H31N5O3SSi. The molecular weight excluding hydrogens is 502 g/mol.